The molecular weight excluding hydrogens is 392 g/mol. The average Bonchev–Trinajstić information content (AvgIpc) is 3.41. The third-order valence-electron chi connectivity index (χ3n) is 7.40. The number of amides is 2. The molecule has 166 valence electrons. The van der Waals surface area contributed by atoms with Crippen molar-refractivity contribution >= 4 is 22.8 Å². The molecule has 5 rings (SSSR count). The molecule has 1 aliphatic carbocycles. The molecule has 2 atom stereocenters. The van der Waals surface area contributed by atoms with Crippen LogP contribution in [0.1, 0.15) is 63.0 Å². The molecule has 2 unspecified atom stereocenters. The van der Waals surface area contributed by atoms with E-state index in [1.54, 1.807) is 4.90 Å². The molecule has 3 aliphatic rings. The van der Waals surface area contributed by atoms with Crippen LogP contribution in [0.4, 0.5) is 0 Å². The average molecular weight is 425 g/mol. The molecule has 0 bridgehead atoms. The zero-order valence-corrected chi connectivity index (χ0v) is 18.5. The minimum Gasteiger partial charge on any atom is -0.376 e. The van der Waals surface area contributed by atoms with Gasteiger partial charge < -0.3 is 19.5 Å². The van der Waals surface area contributed by atoms with Crippen LogP contribution in [-0.4, -0.2) is 57.1 Å². The molecule has 31 heavy (non-hydrogen) atoms. The van der Waals surface area contributed by atoms with Crippen molar-refractivity contribution in [3.63, 3.8) is 0 Å². The molecule has 7 nitrogen and oxygen atoms in total. The highest BCUT2D eigenvalue weighted by Crippen LogP contribution is 2.32. The fourth-order valence-electron chi connectivity index (χ4n) is 5.35. The molecule has 2 amide bonds. The highest BCUT2D eigenvalue weighted by atomic mass is 16.5. The molecule has 2 aliphatic heterocycles. The molecular formula is C24H32N4O3. The van der Waals surface area contributed by atoms with Crippen molar-refractivity contribution in [2.24, 2.45) is 5.92 Å². The SMILES string of the molecule is CC1CCC(NC(=O)C2(C)Cn3c(nc4ccccc43)C(=O)N2CC2CCCO2)CC1. The van der Waals surface area contributed by atoms with E-state index in [9.17, 15) is 9.59 Å². The summed E-state index contributed by atoms with van der Waals surface area (Å²) in [5.74, 6) is 0.876. The Labute approximate surface area is 183 Å². The van der Waals surface area contributed by atoms with Crippen LogP contribution in [0.2, 0.25) is 0 Å². The van der Waals surface area contributed by atoms with Crippen molar-refractivity contribution in [1.29, 1.82) is 0 Å². The van der Waals surface area contributed by atoms with Gasteiger partial charge in [0, 0.05) is 19.2 Å². The Morgan fingerprint density at radius 3 is 2.74 bits per heavy atom. The summed E-state index contributed by atoms with van der Waals surface area (Å²) in [6.07, 6.45) is 6.16. The third kappa shape index (κ3) is 3.63. The summed E-state index contributed by atoms with van der Waals surface area (Å²) in [6, 6.07) is 7.93. The van der Waals surface area contributed by atoms with Crippen molar-refractivity contribution in [2.45, 2.75) is 76.6 Å². The first kappa shape index (κ1) is 20.5. The van der Waals surface area contributed by atoms with E-state index in [2.05, 4.69) is 17.2 Å². The number of benzene rings is 1. The normalized spacial score (nSPS) is 31.1. The van der Waals surface area contributed by atoms with E-state index in [1.807, 2.05) is 35.8 Å². The zero-order valence-electron chi connectivity index (χ0n) is 18.5. The monoisotopic (exact) mass is 424 g/mol. The number of ether oxygens (including phenoxy) is 1. The Balaban J connectivity index is 1.48. The van der Waals surface area contributed by atoms with Crippen LogP contribution < -0.4 is 5.32 Å². The van der Waals surface area contributed by atoms with Gasteiger partial charge in [0.05, 0.1) is 23.7 Å². The number of aromatic nitrogens is 2. The van der Waals surface area contributed by atoms with E-state index in [-0.39, 0.29) is 24.0 Å². The standard InChI is InChI=1S/C24H32N4O3/c1-16-9-11-17(12-10-16)25-23(30)24(2)15-27-20-8-4-3-7-19(20)26-21(27)22(29)28(24)14-18-6-5-13-31-18/h3-4,7-8,16-18H,5-6,9-15H2,1-2H3,(H,25,30). The summed E-state index contributed by atoms with van der Waals surface area (Å²) in [4.78, 5) is 33.7. The molecule has 2 aromatic rings. The number of rotatable bonds is 4. The van der Waals surface area contributed by atoms with Crippen molar-refractivity contribution in [2.75, 3.05) is 13.2 Å². The van der Waals surface area contributed by atoms with E-state index in [1.165, 1.54) is 0 Å². The van der Waals surface area contributed by atoms with Gasteiger partial charge in [-0.1, -0.05) is 19.1 Å². The lowest BCUT2D eigenvalue weighted by Gasteiger charge is -2.45. The van der Waals surface area contributed by atoms with Crippen molar-refractivity contribution in [1.82, 2.24) is 19.8 Å². The lowest BCUT2D eigenvalue weighted by Crippen LogP contribution is -2.66. The van der Waals surface area contributed by atoms with Gasteiger partial charge in [0.25, 0.3) is 5.91 Å². The van der Waals surface area contributed by atoms with Gasteiger partial charge in [-0.3, -0.25) is 9.59 Å². The van der Waals surface area contributed by atoms with Crippen LogP contribution in [0.5, 0.6) is 0 Å². The maximum atomic E-state index is 13.7. The van der Waals surface area contributed by atoms with Gasteiger partial charge in [0.15, 0.2) is 5.82 Å². The predicted octanol–water partition coefficient (Wildman–Crippen LogP) is 3.12. The molecule has 0 radical (unpaired) electrons. The lowest BCUT2D eigenvalue weighted by molar-refractivity contribution is -0.134. The molecule has 2 fully saturated rings. The molecule has 1 saturated carbocycles. The number of imidazole rings is 1. The number of nitrogens with one attached hydrogen (secondary N) is 1. The van der Waals surface area contributed by atoms with Crippen molar-refractivity contribution in [3.05, 3.63) is 30.1 Å². The van der Waals surface area contributed by atoms with E-state index < -0.39 is 5.54 Å². The number of hydrogen-bond acceptors (Lipinski definition) is 4. The fraction of sp³-hybridized carbons (Fsp3) is 0.625. The Kier molecular flexibility index (Phi) is 5.24. The van der Waals surface area contributed by atoms with Crippen LogP contribution in [0.25, 0.3) is 11.0 Å². The van der Waals surface area contributed by atoms with Crippen LogP contribution in [0, 0.1) is 5.92 Å². The largest absolute Gasteiger partial charge is 0.376 e. The first-order chi connectivity index (χ1) is 15.0. The number of carbonyl (C=O) groups is 2. The van der Waals surface area contributed by atoms with Crippen LogP contribution in [0.3, 0.4) is 0 Å². The number of hydrogen-bond donors (Lipinski definition) is 1. The summed E-state index contributed by atoms with van der Waals surface area (Å²) in [7, 11) is 0. The fourth-order valence-corrected chi connectivity index (χ4v) is 5.35. The molecule has 0 spiro atoms. The minimum absolute atomic E-state index is 0.0254. The molecule has 7 heteroatoms. The molecule has 3 heterocycles. The molecule has 1 aromatic heterocycles. The van der Waals surface area contributed by atoms with Crippen LogP contribution in [0.15, 0.2) is 24.3 Å². The van der Waals surface area contributed by atoms with Crippen LogP contribution in [-0.2, 0) is 16.1 Å². The van der Waals surface area contributed by atoms with Gasteiger partial charge in [0.2, 0.25) is 5.91 Å². The maximum absolute atomic E-state index is 13.7. The van der Waals surface area contributed by atoms with E-state index >= 15 is 0 Å². The number of para-hydroxylation sites is 2. The Morgan fingerprint density at radius 1 is 1.23 bits per heavy atom. The summed E-state index contributed by atoms with van der Waals surface area (Å²) < 4.78 is 7.76. The number of nitrogens with zero attached hydrogens (tertiary/aromatic N) is 3. The van der Waals surface area contributed by atoms with Crippen molar-refractivity contribution < 1.29 is 14.3 Å². The number of carbonyl (C=O) groups excluding carboxylic acids is 2. The summed E-state index contributed by atoms with van der Waals surface area (Å²) >= 11 is 0. The zero-order chi connectivity index (χ0) is 21.6. The second kappa shape index (κ2) is 7.93. The summed E-state index contributed by atoms with van der Waals surface area (Å²) in [5, 5.41) is 3.29. The Hall–Kier alpha value is -2.41. The second-order valence-corrected chi connectivity index (χ2v) is 9.77. The summed E-state index contributed by atoms with van der Waals surface area (Å²) in [6.45, 7) is 5.71. The quantitative estimate of drug-likeness (QED) is 0.818. The van der Waals surface area contributed by atoms with Gasteiger partial charge >= 0.3 is 0 Å². The third-order valence-corrected chi connectivity index (χ3v) is 7.40. The van der Waals surface area contributed by atoms with Gasteiger partial charge in [0.1, 0.15) is 5.54 Å². The molecule has 1 saturated heterocycles. The Bertz CT molecular complexity index is 988. The second-order valence-electron chi connectivity index (χ2n) is 9.77. The van der Waals surface area contributed by atoms with E-state index in [4.69, 9.17) is 4.74 Å². The van der Waals surface area contributed by atoms with Crippen molar-refractivity contribution in [3.8, 4) is 0 Å². The first-order valence-electron chi connectivity index (χ1n) is 11.7. The van der Waals surface area contributed by atoms with E-state index in [0.29, 0.717) is 25.5 Å². The van der Waals surface area contributed by atoms with Gasteiger partial charge in [-0.25, -0.2) is 4.98 Å². The Morgan fingerprint density at radius 2 is 2.00 bits per heavy atom. The van der Waals surface area contributed by atoms with E-state index in [0.717, 1.165) is 55.5 Å². The number of fused-ring (bicyclic) bond motifs is 3. The first-order valence-corrected chi connectivity index (χ1v) is 11.7. The summed E-state index contributed by atoms with van der Waals surface area (Å²) in [5.41, 5.74) is 0.699. The smallest absolute Gasteiger partial charge is 0.290 e. The maximum Gasteiger partial charge on any atom is 0.290 e. The van der Waals surface area contributed by atoms with Gasteiger partial charge in [-0.05, 0) is 63.5 Å². The van der Waals surface area contributed by atoms with Crippen LogP contribution >= 0.6 is 0 Å². The van der Waals surface area contributed by atoms with Gasteiger partial charge in [-0.2, -0.15) is 0 Å². The minimum atomic E-state index is -0.984. The molecule has 1 N–H and O–H groups in total. The lowest BCUT2D eigenvalue weighted by atomic mass is 9.86. The highest BCUT2D eigenvalue weighted by Gasteiger charge is 2.49. The topological polar surface area (TPSA) is 76.5 Å². The molecule has 1 aromatic carbocycles. The predicted molar refractivity (Wildman–Crippen MR) is 118 cm³/mol. The highest BCUT2D eigenvalue weighted by molar-refractivity contribution is 6.01. The van der Waals surface area contributed by atoms with Gasteiger partial charge in [-0.15, -0.1) is 0 Å².